The number of ether oxygens (including phenoxy) is 2. The standard InChI is InChI=1S/C25H31F3N4O3/c1-6-34-7-8-35-22-12-19-21(13-20(22)26)31-15(3)32-23(19)30-14(2)16-9-17(11-18(29)10-16)25(27,28)24(4,5)33/h9-14,33H,6-8,29H2,1-5H3,(H,30,31,32)/t14-/m1/s1. The first-order valence-corrected chi connectivity index (χ1v) is 11.3. The third kappa shape index (κ3) is 5.94. The summed E-state index contributed by atoms with van der Waals surface area (Å²) < 4.78 is 54.9. The molecule has 1 heterocycles. The Hall–Kier alpha value is -3.11. The monoisotopic (exact) mass is 492 g/mol. The number of alkyl halides is 2. The minimum atomic E-state index is -3.53. The zero-order chi connectivity index (χ0) is 26.0. The molecule has 0 radical (unpaired) electrons. The zero-order valence-corrected chi connectivity index (χ0v) is 20.5. The highest BCUT2D eigenvalue weighted by Gasteiger charge is 2.47. The molecule has 4 N–H and O–H groups in total. The number of aryl methyl sites for hydroxylation is 1. The number of anilines is 2. The van der Waals surface area contributed by atoms with Crippen LogP contribution >= 0.6 is 0 Å². The summed E-state index contributed by atoms with van der Waals surface area (Å²) in [4.78, 5) is 8.73. The van der Waals surface area contributed by atoms with Crippen LogP contribution in [0.4, 0.5) is 24.7 Å². The first kappa shape index (κ1) is 26.5. The second-order valence-electron chi connectivity index (χ2n) is 8.85. The SMILES string of the molecule is CCOCCOc1cc2c(N[C@H](C)c3cc(N)cc(C(F)(F)C(C)(C)O)c3)nc(C)nc2cc1F. The molecular formula is C25H31F3N4O3. The number of halogens is 3. The maximum Gasteiger partial charge on any atom is 0.300 e. The molecular weight excluding hydrogens is 461 g/mol. The quantitative estimate of drug-likeness (QED) is 0.267. The number of hydrogen-bond donors (Lipinski definition) is 3. The maximum absolute atomic E-state index is 14.8. The molecule has 2 aromatic carbocycles. The van der Waals surface area contributed by atoms with Gasteiger partial charge >= 0.3 is 5.92 Å². The molecule has 1 atom stereocenters. The van der Waals surface area contributed by atoms with E-state index in [0.717, 1.165) is 19.9 Å². The van der Waals surface area contributed by atoms with Crippen LogP contribution in [0, 0.1) is 12.7 Å². The van der Waals surface area contributed by atoms with Crippen molar-refractivity contribution in [3.63, 3.8) is 0 Å². The van der Waals surface area contributed by atoms with E-state index in [-0.39, 0.29) is 18.0 Å². The number of nitrogen functional groups attached to an aromatic ring is 1. The second kappa shape index (κ2) is 10.2. The average molecular weight is 493 g/mol. The van der Waals surface area contributed by atoms with E-state index in [9.17, 15) is 18.3 Å². The number of nitrogens with one attached hydrogen (secondary N) is 1. The molecule has 7 nitrogen and oxygen atoms in total. The average Bonchev–Trinajstić information content (AvgIpc) is 2.75. The highest BCUT2D eigenvalue weighted by atomic mass is 19.3. The van der Waals surface area contributed by atoms with E-state index in [1.807, 2.05) is 6.92 Å². The highest BCUT2D eigenvalue weighted by molar-refractivity contribution is 5.90. The number of nitrogens with zero attached hydrogens (tertiary/aromatic N) is 2. The van der Waals surface area contributed by atoms with Crippen LogP contribution in [-0.4, -0.2) is 40.5 Å². The normalized spacial score (nSPS) is 13.2. The van der Waals surface area contributed by atoms with Crippen LogP contribution in [0.15, 0.2) is 30.3 Å². The van der Waals surface area contributed by atoms with Crippen molar-refractivity contribution in [2.45, 2.75) is 52.2 Å². The lowest BCUT2D eigenvalue weighted by Crippen LogP contribution is -2.40. The van der Waals surface area contributed by atoms with Gasteiger partial charge in [0, 0.05) is 29.3 Å². The molecule has 190 valence electrons. The topological polar surface area (TPSA) is 103 Å². The molecule has 3 aromatic rings. The summed E-state index contributed by atoms with van der Waals surface area (Å²) in [6, 6.07) is 6.26. The fourth-order valence-electron chi connectivity index (χ4n) is 3.57. The molecule has 0 unspecified atom stereocenters. The van der Waals surface area contributed by atoms with Crippen molar-refractivity contribution < 1.29 is 27.8 Å². The third-order valence-electron chi connectivity index (χ3n) is 5.51. The van der Waals surface area contributed by atoms with E-state index in [0.29, 0.717) is 41.3 Å². The predicted molar refractivity (Wildman–Crippen MR) is 129 cm³/mol. The third-order valence-corrected chi connectivity index (χ3v) is 5.51. The zero-order valence-electron chi connectivity index (χ0n) is 20.5. The Morgan fingerprint density at radius 2 is 1.83 bits per heavy atom. The number of hydrogen-bond acceptors (Lipinski definition) is 7. The Bertz CT molecular complexity index is 1200. The van der Waals surface area contributed by atoms with E-state index in [1.54, 1.807) is 19.9 Å². The van der Waals surface area contributed by atoms with E-state index in [1.165, 1.54) is 18.2 Å². The molecule has 0 aliphatic rings. The van der Waals surface area contributed by atoms with Crippen LogP contribution in [-0.2, 0) is 10.7 Å². The Morgan fingerprint density at radius 3 is 2.49 bits per heavy atom. The highest BCUT2D eigenvalue weighted by Crippen LogP contribution is 2.40. The van der Waals surface area contributed by atoms with Gasteiger partial charge in [0.05, 0.1) is 18.2 Å². The van der Waals surface area contributed by atoms with Gasteiger partial charge in [-0.15, -0.1) is 0 Å². The summed E-state index contributed by atoms with van der Waals surface area (Å²) in [5.41, 5.74) is 4.19. The minimum absolute atomic E-state index is 0.0245. The summed E-state index contributed by atoms with van der Waals surface area (Å²) in [5.74, 6) is -3.29. The number of fused-ring (bicyclic) bond motifs is 1. The Morgan fingerprint density at radius 1 is 1.11 bits per heavy atom. The lowest BCUT2D eigenvalue weighted by Gasteiger charge is -2.30. The number of aliphatic hydroxyl groups is 1. The van der Waals surface area contributed by atoms with Crippen molar-refractivity contribution in [1.29, 1.82) is 0 Å². The summed E-state index contributed by atoms with van der Waals surface area (Å²) in [5, 5.41) is 13.7. The van der Waals surface area contributed by atoms with Crippen molar-refractivity contribution in [2.75, 3.05) is 30.9 Å². The summed E-state index contributed by atoms with van der Waals surface area (Å²) in [6.45, 7) is 8.37. The van der Waals surface area contributed by atoms with Crippen molar-refractivity contribution in [3.8, 4) is 5.75 Å². The fourth-order valence-corrected chi connectivity index (χ4v) is 3.57. The van der Waals surface area contributed by atoms with Crippen molar-refractivity contribution in [3.05, 3.63) is 53.1 Å². The number of benzene rings is 2. The molecule has 0 spiro atoms. The van der Waals surface area contributed by atoms with Gasteiger partial charge in [-0.25, -0.2) is 14.4 Å². The van der Waals surface area contributed by atoms with Crippen LogP contribution in [0.1, 0.15) is 50.7 Å². The Labute approximate surface area is 202 Å². The van der Waals surface area contributed by atoms with Crippen LogP contribution in [0.5, 0.6) is 5.75 Å². The molecule has 0 aliphatic carbocycles. The fraction of sp³-hybridized carbons (Fsp3) is 0.440. The lowest BCUT2D eigenvalue weighted by atomic mass is 9.91. The van der Waals surface area contributed by atoms with Crippen LogP contribution < -0.4 is 15.8 Å². The predicted octanol–water partition coefficient (Wildman–Crippen LogP) is 5.11. The second-order valence-corrected chi connectivity index (χ2v) is 8.85. The molecule has 0 fully saturated rings. The molecule has 0 amide bonds. The maximum atomic E-state index is 14.8. The summed E-state index contributed by atoms with van der Waals surface area (Å²) in [7, 11) is 0. The van der Waals surface area contributed by atoms with Crippen molar-refractivity contribution >= 4 is 22.4 Å². The van der Waals surface area contributed by atoms with Gasteiger partial charge in [-0.1, -0.05) is 0 Å². The number of aromatic nitrogens is 2. The number of rotatable bonds is 10. The van der Waals surface area contributed by atoms with Gasteiger partial charge in [-0.3, -0.25) is 0 Å². The number of nitrogens with two attached hydrogens (primary N) is 1. The molecule has 0 saturated carbocycles. The smallest absolute Gasteiger partial charge is 0.300 e. The van der Waals surface area contributed by atoms with E-state index in [2.05, 4.69) is 15.3 Å². The molecule has 3 rings (SSSR count). The van der Waals surface area contributed by atoms with Gasteiger partial charge < -0.3 is 25.6 Å². The largest absolute Gasteiger partial charge is 0.488 e. The summed E-state index contributed by atoms with van der Waals surface area (Å²) in [6.07, 6.45) is 0. The van der Waals surface area contributed by atoms with Gasteiger partial charge in [0.1, 0.15) is 23.9 Å². The van der Waals surface area contributed by atoms with Crippen molar-refractivity contribution in [2.24, 2.45) is 0 Å². The van der Waals surface area contributed by atoms with Gasteiger partial charge in [-0.05, 0) is 64.4 Å². The van der Waals surface area contributed by atoms with Crippen molar-refractivity contribution in [1.82, 2.24) is 9.97 Å². The molecule has 1 aromatic heterocycles. The van der Waals surface area contributed by atoms with Gasteiger partial charge in [-0.2, -0.15) is 8.78 Å². The van der Waals surface area contributed by atoms with Crippen LogP contribution in [0.25, 0.3) is 10.9 Å². The van der Waals surface area contributed by atoms with E-state index < -0.39 is 28.9 Å². The minimum Gasteiger partial charge on any atom is -0.488 e. The molecule has 0 bridgehead atoms. The molecule has 35 heavy (non-hydrogen) atoms. The van der Waals surface area contributed by atoms with Gasteiger partial charge in [0.25, 0.3) is 0 Å². The van der Waals surface area contributed by atoms with Crippen LogP contribution in [0.3, 0.4) is 0 Å². The van der Waals surface area contributed by atoms with Crippen LogP contribution in [0.2, 0.25) is 0 Å². The molecule has 0 saturated heterocycles. The lowest BCUT2D eigenvalue weighted by molar-refractivity contribution is -0.168. The summed E-state index contributed by atoms with van der Waals surface area (Å²) >= 11 is 0. The van der Waals surface area contributed by atoms with Gasteiger partial charge in [0.15, 0.2) is 11.6 Å². The first-order chi connectivity index (χ1) is 16.3. The Kier molecular flexibility index (Phi) is 7.76. The molecule has 10 heteroatoms. The van der Waals surface area contributed by atoms with E-state index >= 15 is 0 Å². The van der Waals surface area contributed by atoms with Gasteiger partial charge in [0.2, 0.25) is 0 Å². The Balaban J connectivity index is 1.97. The van der Waals surface area contributed by atoms with E-state index in [4.69, 9.17) is 15.2 Å². The molecule has 0 aliphatic heterocycles. The first-order valence-electron chi connectivity index (χ1n) is 11.3.